The summed E-state index contributed by atoms with van der Waals surface area (Å²) in [6, 6.07) is 5.68. The molecule has 2 aliphatic carbocycles. The number of fused-ring (bicyclic) bond motifs is 5. The average Bonchev–Trinajstić information content (AvgIpc) is 2.54. The highest BCUT2D eigenvalue weighted by atomic mass is 35.5. The van der Waals surface area contributed by atoms with E-state index in [1.165, 1.54) is 11.1 Å². The van der Waals surface area contributed by atoms with Crippen LogP contribution in [0.2, 0.25) is 5.02 Å². The molecule has 0 unspecified atom stereocenters. The lowest BCUT2D eigenvalue weighted by atomic mass is 9.70. The zero-order chi connectivity index (χ0) is 17.6. The molecule has 5 heteroatoms. The molecule has 1 heterocycles. The Morgan fingerprint density at radius 3 is 3.04 bits per heavy atom. The molecular weight excluding hydrogens is 336 g/mol. The Labute approximate surface area is 152 Å². The fourth-order valence-corrected chi connectivity index (χ4v) is 4.48. The topological polar surface area (TPSA) is 65.2 Å². The number of ether oxygens (including phenoxy) is 1. The Morgan fingerprint density at radius 2 is 2.24 bits per heavy atom. The minimum absolute atomic E-state index is 0.145. The predicted molar refractivity (Wildman–Crippen MR) is 99.7 cm³/mol. The van der Waals surface area contributed by atoms with E-state index in [0.29, 0.717) is 29.9 Å². The Balaban J connectivity index is 1.70. The summed E-state index contributed by atoms with van der Waals surface area (Å²) in [4.78, 5) is 16.7. The van der Waals surface area contributed by atoms with Crippen molar-refractivity contribution in [2.75, 3.05) is 12.3 Å². The van der Waals surface area contributed by atoms with Crippen LogP contribution in [0.5, 0.6) is 0 Å². The summed E-state index contributed by atoms with van der Waals surface area (Å²) in [6.07, 6.45) is 5.42. The SMILES string of the molecule is CCOC(=O)CC1=C[C@H]2Cc3nc4cc(Cl)ccc4c(N)c3[C@@H](C1)C2. The number of nitrogens with two attached hydrogens (primary N) is 1. The third-order valence-corrected chi connectivity index (χ3v) is 5.45. The summed E-state index contributed by atoms with van der Waals surface area (Å²) in [7, 11) is 0. The van der Waals surface area contributed by atoms with Crippen molar-refractivity contribution in [3.05, 3.63) is 46.1 Å². The molecule has 25 heavy (non-hydrogen) atoms. The van der Waals surface area contributed by atoms with E-state index < -0.39 is 0 Å². The summed E-state index contributed by atoms with van der Waals surface area (Å²) < 4.78 is 5.10. The zero-order valence-electron chi connectivity index (χ0n) is 14.2. The van der Waals surface area contributed by atoms with Crippen molar-refractivity contribution in [2.45, 2.75) is 38.5 Å². The predicted octanol–water partition coefficient (Wildman–Crippen LogP) is 4.40. The first kappa shape index (κ1) is 16.4. The summed E-state index contributed by atoms with van der Waals surface area (Å²) in [6.45, 7) is 2.26. The van der Waals surface area contributed by atoms with E-state index in [1.807, 2.05) is 25.1 Å². The van der Waals surface area contributed by atoms with Gasteiger partial charge >= 0.3 is 5.97 Å². The average molecular weight is 357 g/mol. The minimum atomic E-state index is -0.145. The molecule has 4 nitrogen and oxygen atoms in total. The van der Waals surface area contributed by atoms with Gasteiger partial charge < -0.3 is 10.5 Å². The molecule has 2 bridgehead atoms. The number of carbonyl (C=O) groups is 1. The van der Waals surface area contributed by atoms with Gasteiger partial charge in [0.25, 0.3) is 0 Å². The number of pyridine rings is 1. The lowest BCUT2D eigenvalue weighted by Crippen LogP contribution is -2.25. The number of nitrogen functional groups attached to an aromatic ring is 1. The van der Waals surface area contributed by atoms with E-state index >= 15 is 0 Å². The van der Waals surface area contributed by atoms with Crippen molar-refractivity contribution in [2.24, 2.45) is 5.92 Å². The lowest BCUT2D eigenvalue weighted by Gasteiger charge is -2.35. The van der Waals surface area contributed by atoms with Crippen molar-refractivity contribution in [1.82, 2.24) is 4.98 Å². The molecule has 2 aliphatic rings. The molecule has 1 aromatic heterocycles. The van der Waals surface area contributed by atoms with Gasteiger partial charge in [0.2, 0.25) is 0 Å². The molecule has 130 valence electrons. The zero-order valence-corrected chi connectivity index (χ0v) is 15.0. The van der Waals surface area contributed by atoms with Gasteiger partial charge in [-0.05, 0) is 56.2 Å². The molecule has 0 saturated carbocycles. The van der Waals surface area contributed by atoms with Crippen LogP contribution >= 0.6 is 11.6 Å². The van der Waals surface area contributed by atoms with Crippen LogP contribution in [0.15, 0.2) is 29.8 Å². The third-order valence-electron chi connectivity index (χ3n) is 5.21. The first-order valence-corrected chi connectivity index (χ1v) is 9.15. The van der Waals surface area contributed by atoms with E-state index in [2.05, 4.69) is 6.08 Å². The molecule has 1 aromatic carbocycles. The largest absolute Gasteiger partial charge is 0.466 e. The number of carbonyl (C=O) groups excluding carboxylic acids is 1. The molecule has 2 aromatic rings. The molecule has 0 spiro atoms. The van der Waals surface area contributed by atoms with E-state index in [1.54, 1.807) is 0 Å². The van der Waals surface area contributed by atoms with Gasteiger partial charge in [0, 0.05) is 27.4 Å². The van der Waals surface area contributed by atoms with Gasteiger partial charge in [-0.15, -0.1) is 0 Å². The van der Waals surface area contributed by atoms with Crippen LogP contribution in [0.1, 0.15) is 43.4 Å². The monoisotopic (exact) mass is 356 g/mol. The number of anilines is 1. The second-order valence-electron chi connectivity index (χ2n) is 6.95. The normalized spacial score (nSPS) is 21.6. The Bertz CT molecular complexity index is 891. The summed E-state index contributed by atoms with van der Waals surface area (Å²) in [5, 5.41) is 1.63. The minimum Gasteiger partial charge on any atom is -0.466 e. The number of rotatable bonds is 3. The number of nitrogens with zero attached hydrogens (tertiary/aromatic N) is 1. The molecule has 2 atom stereocenters. The second kappa shape index (κ2) is 6.34. The maximum atomic E-state index is 11.8. The summed E-state index contributed by atoms with van der Waals surface area (Å²) in [5.74, 6) is 0.600. The van der Waals surface area contributed by atoms with Crippen molar-refractivity contribution in [3.8, 4) is 0 Å². The summed E-state index contributed by atoms with van der Waals surface area (Å²) in [5.41, 5.74) is 11.6. The maximum Gasteiger partial charge on any atom is 0.309 e. The Hall–Kier alpha value is -2.07. The van der Waals surface area contributed by atoms with Gasteiger partial charge in [0.05, 0.1) is 18.5 Å². The van der Waals surface area contributed by atoms with Crippen LogP contribution in [0.25, 0.3) is 10.9 Å². The number of benzene rings is 1. The molecule has 0 aliphatic heterocycles. The highest BCUT2D eigenvalue weighted by molar-refractivity contribution is 6.31. The second-order valence-corrected chi connectivity index (χ2v) is 7.39. The fraction of sp³-hybridized carbons (Fsp3) is 0.400. The standard InChI is InChI=1S/C20H21ClN2O2/c1-2-25-18(24)9-12-5-11-6-13(7-12)19-17(8-11)23-16-10-14(21)3-4-15(16)20(19)22/h3-5,10-11,13H,2,6-9H2,1H3,(H2,22,23)/t11-,13-/m1/s1. The molecule has 0 radical (unpaired) electrons. The highest BCUT2D eigenvalue weighted by Crippen LogP contribution is 2.47. The number of halogens is 1. The van der Waals surface area contributed by atoms with Crippen molar-refractivity contribution < 1.29 is 9.53 Å². The first-order valence-electron chi connectivity index (χ1n) is 8.77. The number of aromatic nitrogens is 1. The van der Waals surface area contributed by atoms with Crippen LogP contribution in [0.4, 0.5) is 5.69 Å². The third kappa shape index (κ3) is 2.99. The van der Waals surface area contributed by atoms with Crippen LogP contribution in [-0.4, -0.2) is 17.6 Å². The van der Waals surface area contributed by atoms with Gasteiger partial charge in [0.1, 0.15) is 0 Å². The Morgan fingerprint density at radius 1 is 1.40 bits per heavy atom. The van der Waals surface area contributed by atoms with E-state index in [-0.39, 0.29) is 5.97 Å². The molecule has 2 N–H and O–H groups in total. The van der Waals surface area contributed by atoms with Gasteiger partial charge in [0.15, 0.2) is 0 Å². The van der Waals surface area contributed by atoms with Gasteiger partial charge in [-0.1, -0.05) is 23.3 Å². The number of hydrogen-bond acceptors (Lipinski definition) is 4. The molecular formula is C20H21ClN2O2. The fourth-order valence-electron chi connectivity index (χ4n) is 4.32. The molecule has 0 amide bonds. The van der Waals surface area contributed by atoms with Gasteiger partial charge in [-0.2, -0.15) is 0 Å². The molecule has 4 rings (SSSR count). The van der Waals surface area contributed by atoms with E-state index in [0.717, 1.165) is 41.5 Å². The maximum absolute atomic E-state index is 11.8. The van der Waals surface area contributed by atoms with Crippen LogP contribution < -0.4 is 5.73 Å². The van der Waals surface area contributed by atoms with E-state index in [4.69, 9.17) is 27.1 Å². The van der Waals surface area contributed by atoms with Gasteiger partial charge in [-0.25, -0.2) is 0 Å². The molecule has 0 saturated heterocycles. The number of allylic oxidation sites excluding steroid dienone is 1. The quantitative estimate of drug-likeness (QED) is 0.654. The van der Waals surface area contributed by atoms with Gasteiger partial charge in [-0.3, -0.25) is 9.78 Å². The Kier molecular flexibility index (Phi) is 4.16. The van der Waals surface area contributed by atoms with Crippen LogP contribution in [0, 0.1) is 5.92 Å². The van der Waals surface area contributed by atoms with Crippen molar-refractivity contribution >= 4 is 34.2 Å². The summed E-state index contributed by atoms with van der Waals surface area (Å²) >= 11 is 6.11. The van der Waals surface area contributed by atoms with E-state index in [9.17, 15) is 4.79 Å². The van der Waals surface area contributed by atoms with Crippen molar-refractivity contribution in [3.63, 3.8) is 0 Å². The lowest BCUT2D eigenvalue weighted by molar-refractivity contribution is -0.142. The number of hydrogen-bond donors (Lipinski definition) is 1. The smallest absolute Gasteiger partial charge is 0.309 e. The van der Waals surface area contributed by atoms with Crippen LogP contribution in [-0.2, 0) is 16.0 Å². The molecule has 0 fully saturated rings. The van der Waals surface area contributed by atoms with Crippen molar-refractivity contribution in [1.29, 1.82) is 0 Å². The highest BCUT2D eigenvalue weighted by Gasteiger charge is 2.34. The first-order chi connectivity index (χ1) is 12.0. The number of esters is 1. The van der Waals surface area contributed by atoms with Crippen LogP contribution in [0.3, 0.4) is 0 Å².